The fourth-order valence-corrected chi connectivity index (χ4v) is 3.86. The molecule has 0 radical (unpaired) electrons. The third-order valence-corrected chi connectivity index (χ3v) is 5.42. The summed E-state index contributed by atoms with van der Waals surface area (Å²) in [6, 6.07) is 13.0. The zero-order chi connectivity index (χ0) is 21.3. The highest BCUT2D eigenvalue weighted by Gasteiger charge is 2.18. The highest BCUT2D eigenvalue weighted by Crippen LogP contribution is 2.23. The van der Waals surface area contributed by atoms with Crippen molar-refractivity contribution in [3.63, 3.8) is 0 Å². The zero-order valence-electron chi connectivity index (χ0n) is 16.8. The third kappa shape index (κ3) is 3.64. The summed E-state index contributed by atoms with van der Waals surface area (Å²) in [6.45, 7) is 5.61. The predicted octanol–water partition coefficient (Wildman–Crippen LogP) is 4.06. The number of pyridine rings is 1. The van der Waals surface area contributed by atoms with Gasteiger partial charge in [-0.3, -0.25) is 14.0 Å². The Balaban J connectivity index is 1.56. The van der Waals surface area contributed by atoms with Gasteiger partial charge < -0.3 is 14.8 Å². The van der Waals surface area contributed by atoms with Crippen LogP contribution in [-0.4, -0.2) is 43.8 Å². The number of likely N-dealkylation sites (N-methyl/N-ethyl adjacent to an activating group) is 1. The summed E-state index contributed by atoms with van der Waals surface area (Å²) in [5.41, 5.74) is 2.47. The lowest BCUT2D eigenvalue weighted by molar-refractivity contribution is -0.131. The Hall–Kier alpha value is -3.32. The van der Waals surface area contributed by atoms with Crippen molar-refractivity contribution < 1.29 is 9.59 Å². The monoisotopic (exact) mass is 423 g/mol. The Morgan fingerprint density at radius 1 is 1.10 bits per heavy atom. The maximum Gasteiger partial charge on any atom is 0.275 e. The lowest BCUT2D eigenvalue weighted by Crippen LogP contribution is -2.33. The molecule has 0 spiro atoms. The summed E-state index contributed by atoms with van der Waals surface area (Å²) in [4.78, 5) is 31.3. The van der Waals surface area contributed by atoms with Gasteiger partial charge in [0.15, 0.2) is 10.8 Å². The van der Waals surface area contributed by atoms with E-state index < -0.39 is 0 Å². The molecule has 0 saturated heterocycles. The topological polar surface area (TPSA) is 71.6 Å². The SMILES string of the molecule is CCN(CC)C(=O)Cn1ccc2cc(NC(=O)c3c(Cl)nc4ccccn34)ccc21. The van der Waals surface area contributed by atoms with Crippen LogP contribution in [0.3, 0.4) is 0 Å². The Morgan fingerprint density at radius 3 is 2.67 bits per heavy atom. The number of halogens is 1. The molecule has 4 rings (SSSR count). The maximum atomic E-state index is 12.8. The van der Waals surface area contributed by atoms with E-state index in [9.17, 15) is 9.59 Å². The minimum absolute atomic E-state index is 0.0807. The van der Waals surface area contributed by atoms with E-state index in [2.05, 4.69) is 10.3 Å². The highest BCUT2D eigenvalue weighted by atomic mass is 35.5. The van der Waals surface area contributed by atoms with E-state index in [-0.39, 0.29) is 29.2 Å². The number of nitrogens with zero attached hydrogens (tertiary/aromatic N) is 4. The van der Waals surface area contributed by atoms with E-state index in [4.69, 9.17) is 11.6 Å². The number of nitrogens with one attached hydrogen (secondary N) is 1. The second-order valence-corrected chi connectivity index (χ2v) is 7.28. The van der Waals surface area contributed by atoms with Crippen molar-refractivity contribution in [2.45, 2.75) is 20.4 Å². The van der Waals surface area contributed by atoms with Crippen LogP contribution < -0.4 is 5.32 Å². The molecule has 0 atom stereocenters. The van der Waals surface area contributed by atoms with Gasteiger partial charge in [0.1, 0.15) is 12.2 Å². The maximum absolute atomic E-state index is 12.8. The highest BCUT2D eigenvalue weighted by molar-refractivity contribution is 6.33. The summed E-state index contributed by atoms with van der Waals surface area (Å²) < 4.78 is 3.58. The van der Waals surface area contributed by atoms with Crippen molar-refractivity contribution in [1.82, 2.24) is 18.9 Å². The summed E-state index contributed by atoms with van der Waals surface area (Å²) in [5.74, 6) is -0.258. The molecule has 1 N–H and O–H groups in total. The molecule has 0 aliphatic carbocycles. The quantitative estimate of drug-likeness (QED) is 0.508. The fourth-order valence-electron chi connectivity index (χ4n) is 3.60. The number of rotatable bonds is 6. The summed E-state index contributed by atoms with van der Waals surface area (Å²) in [5, 5.41) is 3.98. The Kier molecular flexibility index (Phi) is 5.46. The molecule has 0 bridgehead atoms. The van der Waals surface area contributed by atoms with Crippen LogP contribution in [0.5, 0.6) is 0 Å². The molecule has 30 heavy (non-hydrogen) atoms. The first-order chi connectivity index (χ1) is 14.5. The normalized spacial score (nSPS) is 11.2. The Morgan fingerprint density at radius 2 is 1.90 bits per heavy atom. The molecule has 8 heteroatoms. The molecule has 154 valence electrons. The standard InChI is InChI=1S/C22H22ClN5O2/c1-3-26(4-2)19(29)14-27-12-10-15-13-16(8-9-17(15)27)24-22(30)20-21(23)25-18-7-5-6-11-28(18)20/h5-13H,3-4,14H2,1-2H3,(H,24,30). The third-order valence-electron chi connectivity index (χ3n) is 5.15. The first-order valence-corrected chi connectivity index (χ1v) is 10.2. The van der Waals surface area contributed by atoms with Gasteiger partial charge in [0.05, 0.1) is 0 Å². The van der Waals surface area contributed by atoms with Crippen molar-refractivity contribution >= 4 is 45.7 Å². The van der Waals surface area contributed by atoms with Gasteiger partial charge in [0, 0.05) is 42.1 Å². The Bertz CT molecular complexity index is 1240. The van der Waals surface area contributed by atoms with Gasteiger partial charge in [0.25, 0.3) is 5.91 Å². The van der Waals surface area contributed by atoms with E-state index in [1.165, 1.54) is 0 Å². The van der Waals surface area contributed by atoms with Crippen molar-refractivity contribution in [2.75, 3.05) is 18.4 Å². The number of amides is 2. The van der Waals surface area contributed by atoms with Gasteiger partial charge in [-0.05, 0) is 50.2 Å². The molecule has 3 aromatic heterocycles. The van der Waals surface area contributed by atoms with Crippen molar-refractivity contribution in [2.24, 2.45) is 0 Å². The molecular formula is C22H22ClN5O2. The van der Waals surface area contributed by atoms with Crippen LogP contribution in [0.25, 0.3) is 16.6 Å². The minimum Gasteiger partial charge on any atom is -0.342 e. The lowest BCUT2D eigenvalue weighted by atomic mass is 10.2. The molecule has 0 aliphatic rings. The van der Waals surface area contributed by atoms with Crippen molar-refractivity contribution in [3.8, 4) is 0 Å². The van der Waals surface area contributed by atoms with E-state index in [0.717, 1.165) is 10.9 Å². The van der Waals surface area contributed by atoms with Gasteiger partial charge in [0.2, 0.25) is 5.91 Å². The average molecular weight is 424 g/mol. The van der Waals surface area contributed by atoms with Crippen LogP contribution >= 0.6 is 11.6 Å². The second kappa shape index (κ2) is 8.20. The van der Waals surface area contributed by atoms with Crippen molar-refractivity contribution in [1.29, 1.82) is 0 Å². The van der Waals surface area contributed by atoms with E-state index in [1.54, 1.807) is 21.6 Å². The minimum atomic E-state index is -0.339. The van der Waals surface area contributed by atoms with Crippen LogP contribution in [0, 0.1) is 0 Å². The number of hydrogen-bond acceptors (Lipinski definition) is 3. The first-order valence-electron chi connectivity index (χ1n) is 9.82. The van der Waals surface area contributed by atoms with E-state index in [0.29, 0.717) is 24.4 Å². The molecule has 0 saturated carbocycles. The number of anilines is 1. The second-order valence-electron chi connectivity index (χ2n) is 6.92. The molecule has 0 fully saturated rings. The smallest absolute Gasteiger partial charge is 0.275 e. The zero-order valence-corrected chi connectivity index (χ0v) is 17.6. The van der Waals surface area contributed by atoms with Crippen molar-refractivity contribution in [3.05, 3.63) is 65.7 Å². The largest absolute Gasteiger partial charge is 0.342 e. The summed E-state index contributed by atoms with van der Waals surface area (Å²) >= 11 is 6.19. The molecule has 1 aromatic carbocycles. The van der Waals surface area contributed by atoms with Gasteiger partial charge in [-0.1, -0.05) is 17.7 Å². The molecule has 3 heterocycles. The van der Waals surface area contributed by atoms with Crippen LogP contribution in [0.15, 0.2) is 54.9 Å². The lowest BCUT2D eigenvalue weighted by Gasteiger charge is -2.19. The van der Waals surface area contributed by atoms with E-state index in [1.807, 2.05) is 61.0 Å². The Labute approximate surface area is 178 Å². The number of aromatic nitrogens is 3. The summed E-state index contributed by atoms with van der Waals surface area (Å²) in [6.07, 6.45) is 3.64. The van der Waals surface area contributed by atoms with Crippen LogP contribution in [-0.2, 0) is 11.3 Å². The van der Waals surface area contributed by atoms with Gasteiger partial charge in [-0.2, -0.15) is 0 Å². The van der Waals surface area contributed by atoms with Crippen LogP contribution in [0.2, 0.25) is 5.15 Å². The molecule has 0 aliphatic heterocycles. The van der Waals surface area contributed by atoms with E-state index >= 15 is 0 Å². The molecule has 2 amide bonds. The molecule has 4 aromatic rings. The first kappa shape index (κ1) is 20.0. The predicted molar refractivity (Wildman–Crippen MR) is 118 cm³/mol. The van der Waals surface area contributed by atoms with Crippen LogP contribution in [0.1, 0.15) is 24.3 Å². The number of fused-ring (bicyclic) bond motifs is 2. The summed E-state index contributed by atoms with van der Waals surface area (Å²) in [7, 11) is 0. The van der Waals surface area contributed by atoms with Gasteiger partial charge in [-0.15, -0.1) is 0 Å². The molecule has 0 unspecified atom stereocenters. The van der Waals surface area contributed by atoms with Crippen LogP contribution in [0.4, 0.5) is 5.69 Å². The number of carbonyl (C=O) groups is 2. The average Bonchev–Trinajstić information content (AvgIpc) is 3.28. The number of carbonyl (C=O) groups excluding carboxylic acids is 2. The number of benzene rings is 1. The van der Waals surface area contributed by atoms with Gasteiger partial charge in [-0.25, -0.2) is 4.98 Å². The molecule has 7 nitrogen and oxygen atoms in total. The number of imidazole rings is 1. The fraction of sp³-hybridized carbons (Fsp3) is 0.227. The van der Waals surface area contributed by atoms with Gasteiger partial charge >= 0.3 is 0 Å². The molecular weight excluding hydrogens is 402 g/mol. The number of hydrogen-bond donors (Lipinski definition) is 1.